The molecular weight excluding hydrogens is 531 g/mol. The molecular formula is C28H36F3N3O4S. The van der Waals surface area contributed by atoms with Crippen molar-refractivity contribution in [3.8, 4) is 5.75 Å². The molecule has 0 heterocycles. The van der Waals surface area contributed by atoms with Crippen molar-refractivity contribution in [2.75, 3.05) is 36.1 Å². The molecule has 2 rings (SSSR count). The molecule has 0 spiro atoms. The van der Waals surface area contributed by atoms with E-state index in [0.717, 1.165) is 43.6 Å². The molecule has 0 unspecified atom stereocenters. The number of benzene rings is 2. The number of thioether (sulfide) groups is 1. The van der Waals surface area contributed by atoms with Gasteiger partial charge in [0.15, 0.2) is 0 Å². The van der Waals surface area contributed by atoms with Gasteiger partial charge < -0.3 is 15.4 Å². The minimum Gasteiger partial charge on any atom is -0.495 e. The van der Waals surface area contributed by atoms with Crippen LogP contribution in [0.25, 0.3) is 0 Å². The summed E-state index contributed by atoms with van der Waals surface area (Å²) in [6, 6.07) is 9.13. The number of hydrogen-bond donors (Lipinski definition) is 2. The van der Waals surface area contributed by atoms with E-state index in [1.807, 2.05) is 13.2 Å². The molecule has 0 aromatic heterocycles. The third-order valence-corrected chi connectivity index (χ3v) is 6.61. The van der Waals surface area contributed by atoms with Crippen LogP contribution in [-0.4, -0.2) is 49.3 Å². The summed E-state index contributed by atoms with van der Waals surface area (Å²) in [6.45, 7) is 2.54. The Hall–Kier alpha value is -3.21. The Bertz CT molecular complexity index is 1100. The monoisotopic (exact) mass is 567 g/mol. The van der Waals surface area contributed by atoms with Gasteiger partial charge in [-0.05, 0) is 55.1 Å². The van der Waals surface area contributed by atoms with Crippen LogP contribution in [-0.2, 0) is 4.79 Å². The topological polar surface area (TPSA) is 87.7 Å². The Balaban J connectivity index is 2.03. The van der Waals surface area contributed by atoms with Crippen LogP contribution in [0.4, 0.5) is 24.6 Å². The van der Waals surface area contributed by atoms with Crippen LogP contribution in [0.1, 0.15) is 72.6 Å². The molecule has 0 atom stereocenters. The molecule has 0 aliphatic carbocycles. The second-order valence-corrected chi connectivity index (χ2v) is 9.96. The third kappa shape index (κ3) is 9.80. The first-order chi connectivity index (χ1) is 18.6. The summed E-state index contributed by atoms with van der Waals surface area (Å²) in [5.41, 5.74) is 0.215. The molecule has 39 heavy (non-hydrogen) atoms. The Morgan fingerprint density at radius 3 is 2.23 bits per heavy atom. The second kappa shape index (κ2) is 16.0. The highest BCUT2D eigenvalue weighted by Gasteiger charge is 2.42. The van der Waals surface area contributed by atoms with Gasteiger partial charge in [-0.15, -0.1) is 5.12 Å². The number of halogens is 3. The molecule has 2 N–H and O–H groups in total. The van der Waals surface area contributed by atoms with E-state index in [2.05, 4.69) is 10.6 Å². The molecule has 0 saturated heterocycles. The van der Waals surface area contributed by atoms with Crippen molar-refractivity contribution in [3.05, 3.63) is 53.6 Å². The summed E-state index contributed by atoms with van der Waals surface area (Å²) in [4.78, 5) is 37.3. The summed E-state index contributed by atoms with van der Waals surface area (Å²) in [5.74, 6) is -5.63. The van der Waals surface area contributed by atoms with E-state index in [4.69, 9.17) is 4.74 Å². The number of methoxy groups -OCH3 is 1. The normalized spacial score (nSPS) is 11.1. The number of carbonyl (C=O) groups excluding carboxylic acids is 3. The SMILES string of the molecule is CCCCCCCCC(F)(F)C(=O)N(F)c1ccc(C(=O)Nc2cc(C(=O)NCCSC)ccc2OC)cc1. The fraction of sp³-hybridized carbons (Fsp3) is 0.464. The minimum absolute atomic E-state index is 0.0790. The lowest BCUT2D eigenvalue weighted by molar-refractivity contribution is -0.146. The summed E-state index contributed by atoms with van der Waals surface area (Å²) < 4.78 is 48.4. The fourth-order valence-corrected chi connectivity index (χ4v) is 4.06. The van der Waals surface area contributed by atoms with Crippen molar-refractivity contribution in [2.24, 2.45) is 0 Å². The number of ether oxygens (including phenoxy) is 1. The molecule has 2 aromatic carbocycles. The van der Waals surface area contributed by atoms with Gasteiger partial charge in [-0.2, -0.15) is 20.5 Å². The lowest BCUT2D eigenvalue weighted by Gasteiger charge is -2.20. The number of carbonyl (C=O) groups is 3. The quantitative estimate of drug-likeness (QED) is 0.175. The van der Waals surface area contributed by atoms with Crippen LogP contribution in [0.2, 0.25) is 0 Å². The van der Waals surface area contributed by atoms with Gasteiger partial charge in [0.25, 0.3) is 11.8 Å². The number of anilines is 2. The van der Waals surface area contributed by atoms with Crippen LogP contribution in [0.3, 0.4) is 0 Å². The highest BCUT2D eigenvalue weighted by Crippen LogP contribution is 2.29. The lowest BCUT2D eigenvalue weighted by atomic mass is 10.1. The van der Waals surface area contributed by atoms with Crippen LogP contribution < -0.4 is 20.5 Å². The Morgan fingerprint density at radius 1 is 0.949 bits per heavy atom. The van der Waals surface area contributed by atoms with Crippen LogP contribution in [0, 0.1) is 0 Å². The van der Waals surface area contributed by atoms with E-state index in [1.54, 1.807) is 23.9 Å². The third-order valence-electron chi connectivity index (χ3n) is 5.99. The van der Waals surface area contributed by atoms with Gasteiger partial charge in [0.05, 0.1) is 18.5 Å². The molecule has 7 nitrogen and oxygen atoms in total. The first-order valence-electron chi connectivity index (χ1n) is 12.9. The van der Waals surface area contributed by atoms with Crippen molar-refractivity contribution in [1.29, 1.82) is 0 Å². The van der Waals surface area contributed by atoms with Crippen molar-refractivity contribution in [1.82, 2.24) is 5.32 Å². The number of rotatable bonds is 16. The van der Waals surface area contributed by atoms with Crippen molar-refractivity contribution < 1.29 is 32.4 Å². The van der Waals surface area contributed by atoms with E-state index in [-0.39, 0.29) is 23.6 Å². The predicted octanol–water partition coefficient (Wildman–Crippen LogP) is 6.64. The Kier molecular flexibility index (Phi) is 13.1. The molecule has 214 valence electrons. The van der Waals surface area contributed by atoms with Gasteiger partial charge in [0.1, 0.15) is 5.75 Å². The Labute approximate surface area is 231 Å². The second-order valence-electron chi connectivity index (χ2n) is 8.97. The zero-order chi connectivity index (χ0) is 28.8. The maximum atomic E-state index is 14.6. The maximum Gasteiger partial charge on any atom is 0.327 e. The molecule has 0 aliphatic rings. The first-order valence-corrected chi connectivity index (χ1v) is 14.3. The van der Waals surface area contributed by atoms with Gasteiger partial charge in [-0.25, -0.2) is 0 Å². The van der Waals surface area contributed by atoms with E-state index in [0.29, 0.717) is 24.3 Å². The molecule has 0 saturated carbocycles. The average molecular weight is 568 g/mol. The number of hydrogen-bond acceptors (Lipinski definition) is 5. The van der Waals surface area contributed by atoms with Crippen molar-refractivity contribution in [3.63, 3.8) is 0 Å². The van der Waals surface area contributed by atoms with E-state index < -0.39 is 35.0 Å². The van der Waals surface area contributed by atoms with Crippen molar-refractivity contribution >= 4 is 40.9 Å². The van der Waals surface area contributed by atoms with E-state index >= 15 is 0 Å². The molecule has 0 radical (unpaired) electrons. The lowest BCUT2D eigenvalue weighted by Crippen LogP contribution is -2.39. The predicted molar refractivity (Wildman–Crippen MR) is 150 cm³/mol. The summed E-state index contributed by atoms with van der Waals surface area (Å²) in [7, 11) is 1.41. The first kappa shape index (κ1) is 32.0. The molecule has 0 aliphatic heterocycles. The maximum absolute atomic E-state index is 14.6. The summed E-state index contributed by atoms with van der Waals surface area (Å²) in [6.07, 6.45) is 5.67. The standard InChI is InChI=1S/C28H36F3N3O4S/c1-4-5-6-7-8-9-16-28(29,30)27(37)34(31)22-13-10-20(11-14-22)26(36)33-23-19-21(12-15-24(23)38-2)25(35)32-17-18-39-3/h10-15,19H,4-9,16-18H2,1-3H3,(H,32,35)(H,33,36). The molecule has 3 amide bonds. The minimum atomic E-state index is -3.83. The number of unbranched alkanes of at least 4 members (excludes halogenated alkanes) is 5. The largest absolute Gasteiger partial charge is 0.495 e. The Morgan fingerprint density at radius 2 is 1.59 bits per heavy atom. The molecule has 11 heteroatoms. The van der Waals surface area contributed by atoms with Gasteiger partial charge in [0, 0.05) is 29.8 Å². The number of nitrogens with zero attached hydrogens (tertiary/aromatic N) is 1. The summed E-state index contributed by atoms with van der Waals surface area (Å²) in [5, 5.41) is 4.83. The highest BCUT2D eigenvalue weighted by atomic mass is 32.2. The van der Waals surface area contributed by atoms with Gasteiger partial charge >= 0.3 is 11.8 Å². The number of alkyl halides is 2. The van der Waals surface area contributed by atoms with Crippen LogP contribution >= 0.6 is 11.8 Å². The molecule has 0 bridgehead atoms. The summed E-state index contributed by atoms with van der Waals surface area (Å²) >= 11 is 1.59. The fourth-order valence-electron chi connectivity index (χ4n) is 3.75. The van der Waals surface area contributed by atoms with Crippen molar-refractivity contribution in [2.45, 2.75) is 57.8 Å². The van der Waals surface area contributed by atoms with Gasteiger partial charge in [-0.3, -0.25) is 14.4 Å². The zero-order valence-electron chi connectivity index (χ0n) is 22.5. The van der Waals surface area contributed by atoms with Gasteiger partial charge in [0.2, 0.25) is 0 Å². The number of amides is 3. The highest BCUT2D eigenvalue weighted by molar-refractivity contribution is 7.98. The zero-order valence-corrected chi connectivity index (χ0v) is 23.3. The number of nitrogens with one attached hydrogen (secondary N) is 2. The van der Waals surface area contributed by atoms with Gasteiger partial charge in [-0.1, -0.05) is 43.5 Å². The average Bonchev–Trinajstić information content (AvgIpc) is 2.94. The van der Waals surface area contributed by atoms with E-state index in [1.165, 1.54) is 25.3 Å². The molecule has 2 aromatic rings. The molecule has 0 fully saturated rings. The van der Waals surface area contributed by atoms with Crippen LogP contribution in [0.5, 0.6) is 5.75 Å². The van der Waals surface area contributed by atoms with E-state index in [9.17, 15) is 27.6 Å². The van der Waals surface area contributed by atoms with Crippen LogP contribution in [0.15, 0.2) is 42.5 Å². The smallest absolute Gasteiger partial charge is 0.327 e.